The quantitative estimate of drug-likeness (QED) is 0.634. The molecule has 2 rings (SSSR count). The van der Waals surface area contributed by atoms with Crippen LogP contribution in [0.1, 0.15) is 52.4 Å². The van der Waals surface area contributed by atoms with Gasteiger partial charge in [0.15, 0.2) is 0 Å². The first-order chi connectivity index (χ1) is 7.19. The Labute approximate surface area is 93.2 Å². The van der Waals surface area contributed by atoms with Gasteiger partial charge in [-0.1, -0.05) is 39.2 Å². The zero-order valence-corrected chi connectivity index (χ0v) is 9.92. The molecule has 2 atom stereocenters. The second kappa shape index (κ2) is 4.00. The zero-order valence-electron chi connectivity index (χ0n) is 9.92. The summed E-state index contributed by atoms with van der Waals surface area (Å²) < 4.78 is 0. The minimum absolute atomic E-state index is 0.515. The standard InChI is InChI=1S/C14H21N/c1-3-14(2)9-13(14)8-12(10-15)11-6-4-5-7-11/h8,11,13H,3-7,9H2,1-2H3/b12-8+. The van der Waals surface area contributed by atoms with E-state index in [1.54, 1.807) is 0 Å². The lowest BCUT2D eigenvalue weighted by molar-refractivity contribution is 0.516. The SMILES string of the molecule is CCC1(C)CC1/C=C(\C#N)C1CCCC1. The van der Waals surface area contributed by atoms with Gasteiger partial charge in [0.1, 0.15) is 0 Å². The van der Waals surface area contributed by atoms with E-state index in [0.717, 1.165) is 5.57 Å². The summed E-state index contributed by atoms with van der Waals surface area (Å²) in [5.74, 6) is 1.29. The van der Waals surface area contributed by atoms with Gasteiger partial charge < -0.3 is 0 Å². The molecule has 2 unspecified atom stereocenters. The second-order valence-electron chi connectivity index (χ2n) is 5.53. The fourth-order valence-corrected chi connectivity index (χ4v) is 2.83. The van der Waals surface area contributed by atoms with Crippen molar-refractivity contribution in [3.8, 4) is 6.07 Å². The Bertz CT molecular complexity index is 304. The van der Waals surface area contributed by atoms with Crippen LogP contribution in [0, 0.1) is 28.6 Å². The van der Waals surface area contributed by atoms with Gasteiger partial charge in [0.25, 0.3) is 0 Å². The predicted molar refractivity (Wildman–Crippen MR) is 62.2 cm³/mol. The third-order valence-electron chi connectivity index (χ3n) is 4.53. The van der Waals surface area contributed by atoms with Gasteiger partial charge in [-0.05, 0) is 36.5 Å². The summed E-state index contributed by atoms with van der Waals surface area (Å²) in [5, 5.41) is 9.19. The van der Waals surface area contributed by atoms with Crippen LogP contribution < -0.4 is 0 Å². The van der Waals surface area contributed by atoms with Crippen molar-refractivity contribution in [2.45, 2.75) is 52.4 Å². The maximum atomic E-state index is 9.19. The van der Waals surface area contributed by atoms with Crippen molar-refractivity contribution in [2.24, 2.45) is 17.3 Å². The van der Waals surface area contributed by atoms with Gasteiger partial charge in [0.05, 0.1) is 6.07 Å². The van der Waals surface area contributed by atoms with Crippen molar-refractivity contribution in [2.75, 3.05) is 0 Å². The minimum atomic E-state index is 0.515. The summed E-state index contributed by atoms with van der Waals surface area (Å²) in [6.07, 6.45) is 9.96. The molecule has 0 saturated heterocycles. The highest BCUT2D eigenvalue weighted by molar-refractivity contribution is 5.28. The predicted octanol–water partition coefficient (Wildman–Crippen LogP) is 4.06. The van der Waals surface area contributed by atoms with Crippen LogP contribution in [0.5, 0.6) is 0 Å². The molecule has 0 aromatic rings. The molecule has 0 heterocycles. The van der Waals surface area contributed by atoms with E-state index in [4.69, 9.17) is 0 Å². The van der Waals surface area contributed by atoms with E-state index in [1.807, 2.05) is 0 Å². The van der Waals surface area contributed by atoms with Crippen molar-refractivity contribution < 1.29 is 0 Å². The number of hydrogen-bond acceptors (Lipinski definition) is 1. The van der Waals surface area contributed by atoms with Gasteiger partial charge in [-0.3, -0.25) is 0 Å². The van der Waals surface area contributed by atoms with Crippen LogP contribution in [0.3, 0.4) is 0 Å². The fraction of sp³-hybridized carbons (Fsp3) is 0.786. The maximum Gasteiger partial charge on any atom is 0.0946 e. The summed E-state index contributed by atoms with van der Waals surface area (Å²) in [6, 6.07) is 2.44. The lowest BCUT2D eigenvalue weighted by atomic mass is 9.95. The zero-order chi connectivity index (χ0) is 10.9. The summed E-state index contributed by atoms with van der Waals surface area (Å²) in [4.78, 5) is 0. The highest BCUT2D eigenvalue weighted by Crippen LogP contribution is 2.56. The molecular formula is C14H21N. The molecule has 1 nitrogen and oxygen atoms in total. The Kier molecular flexibility index (Phi) is 2.87. The van der Waals surface area contributed by atoms with Gasteiger partial charge in [-0.25, -0.2) is 0 Å². The van der Waals surface area contributed by atoms with Gasteiger partial charge in [-0.2, -0.15) is 5.26 Å². The van der Waals surface area contributed by atoms with Crippen LogP contribution in [0.25, 0.3) is 0 Å². The Hall–Kier alpha value is -0.770. The Morgan fingerprint density at radius 2 is 2.13 bits per heavy atom. The van der Waals surface area contributed by atoms with Gasteiger partial charge >= 0.3 is 0 Å². The lowest BCUT2D eigenvalue weighted by Crippen LogP contribution is -1.99. The molecule has 0 aromatic carbocycles. The van der Waals surface area contributed by atoms with E-state index in [0.29, 0.717) is 17.3 Å². The van der Waals surface area contributed by atoms with Crippen LogP contribution in [0.15, 0.2) is 11.6 Å². The first-order valence-corrected chi connectivity index (χ1v) is 6.31. The third kappa shape index (κ3) is 2.09. The molecule has 2 saturated carbocycles. The number of allylic oxidation sites excluding steroid dienone is 2. The molecule has 0 radical (unpaired) electrons. The molecule has 15 heavy (non-hydrogen) atoms. The molecule has 2 aliphatic carbocycles. The summed E-state index contributed by atoms with van der Waals surface area (Å²) >= 11 is 0. The molecule has 0 amide bonds. The molecule has 0 spiro atoms. The summed E-state index contributed by atoms with van der Waals surface area (Å²) in [6.45, 7) is 4.60. The molecule has 0 aliphatic heterocycles. The van der Waals surface area contributed by atoms with Gasteiger partial charge in [0.2, 0.25) is 0 Å². The van der Waals surface area contributed by atoms with Gasteiger partial charge in [-0.15, -0.1) is 0 Å². The van der Waals surface area contributed by atoms with E-state index in [9.17, 15) is 5.26 Å². The van der Waals surface area contributed by atoms with Crippen LogP contribution in [-0.4, -0.2) is 0 Å². The van der Waals surface area contributed by atoms with Crippen LogP contribution in [0.2, 0.25) is 0 Å². The number of nitriles is 1. The lowest BCUT2D eigenvalue weighted by Gasteiger charge is -2.08. The molecule has 0 bridgehead atoms. The number of nitrogens with zero attached hydrogens (tertiary/aromatic N) is 1. The highest BCUT2D eigenvalue weighted by atomic mass is 14.5. The Morgan fingerprint density at radius 3 is 2.60 bits per heavy atom. The van der Waals surface area contributed by atoms with Crippen molar-refractivity contribution >= 4 is 0 Å². The van der Waals surface area contributed by atoms with E-state index in [-0.39, 0.29) is 0 Å². The largest absolute Gasteiger partial charge is 0.193 e. The second-order valence-corrected chi connectivity index (χ2v) is 5.53. The third-order valence-corrected chi connectivity index (χ3v) is 4.53. The Morgan fingerprint density at radius 1 is 1.47 bits per heavy atom. The van der Waals surface area contributed by atoms with E-state index in [1.165, 1.54) is 38.5 Å². The maximum absolute atomic E-state index is 9.19. The van der Waals surface area contributed by atoms with Crippen molar-refractivity contribution in [3.05, 3.63) is 11.6 Å². The first-order valence-electron chi connectivity index (χ1n) is 6.31. The highest BCUT2D eigenvalue weighted by Gasteiger charge is 2.47. The molecule has 2 aliphatic rings. The molecule has 0 aromatic heterocycles. The average molecular weight is 203 g/mol. The topological polar surface area (TPSA) is 23.8 Å². The number of hydrogen-bond donors (Lipinski definition) is 0. The van der Waals surface area contributed by atoms with Crippen molar-refractivity contribution in [3.63, 3.8) is 0 Å². The first kappa shape index (κ1) is 10.7. The summed E-state index contributed by atoms with van der Waals surface area (Å²) in [5.41, 5.74) is 1.61. The Balaban J connectivity index is 2.02. The van der Waals surface area contributed by atoms with Gasteiger partial charge in [0, 0.05) is 5.57 Å². The van der Waals surface area contributed by atoms with Crippen molar-refractivity contribution in [1.82, 2.24) is 0 Å². The van der Waals surface area contributed by atoms with E-state index in [2.05, 4.69) is 26.0 Å². The smallest absolute Gasteiger partial charge is 0.0946 e. The fourth-order valence-electron chi connectivity index (χ4n) is 2.83. The molecule has 0 N–H and O–H groups in total. The van der Waals surface area contributed by atoms with Crippen LogP contribution in [-0.2, 0) is 0 Å². The minimum Gasteiger partial charge on any atom is -0.193 e. The van der Waals surface area contributed by atoms with E-state index >= 15 is 0 Å². The molecular weight excluding hydrogens is 182 g/mol. The molecule has 82 valence electrons. The summed E-state index contributed by atoms with van der Waals surface area (Å²) in [7, 11) is 0. The van der Waals surface area contributed by atoms with E-state index < -0.39 is 0 Å². The molecule has 1 heteroatoms. The number of rotatable bonds is 3. The van der Waals surface area contributed by atoms with Crippen LogP contribution >= 0.6 is 0 Å². The monoisotopic (exact) mass is 203 g/mol. The average Bonchev–Trinajstić information content (AvgIpc) is 2.71. The van der Waals surface area contributed by atoms with Crippen LogP contribution in [0.4, 0.5) is 0 Å². The molecule has 2 fully saturated rings. The van der Waals surface area contributed by atoms with Crippen molar-refractivity contribution in [1.29, 1.82) is 5.26 Å². The normalized spacial score (nSPS) is 36.6.